The highest BCUT2D eigenvalue weighted by Crippen LogP contribution is 2.27. The summed E-state index contributed by atoms with van der Waals surface area (Å²) in [6.45, 7) is 0.238. The van der Waals surface area contributed by atoms with Gasteiger partial charge in [-0.1, -0.05) is 12.1 Å². The van der Waals surface area contributed by atoms with Gasteiger partial charge in [0.15, 0.2) is 0 Å². The molecule has 2 heteroatoms. The maximum absolute atomic E-state index is 9.19. The lowest BCUT2D eigenvalue weighted by molar-refractivity contribution is 0.275. The Bertz CT molecular complexity index is 298. The Morgan fingerprint density at radius 1 is 0.857 bits per heavy atom. The second kappa shape index (κ2) is 4.11. The van der Waals surface area contributed by atoms with Gasteiger partial charge >= 0.3 is 0 Å². The van der Waals surface area contributed by atoms with Gasteiger partial charge in [-0.15, -0.1) is 0 Å². The van der Waals surface area contributed by atoms with Crippen molar-refractivity contribution in [3.8, 4) is 0 Å². The van der Waals surface area contributed by atoms with Crippen LogP contribution >= 0.6 is 0 Å². The first kappa shape index (κ1) is 9.69. The van der Waals surface area contributed by atoms with Crippen molar-refractivity contribution in [2.75, 3.05) is 0 Å². The number of fused-ring (bicyclic) bond motifs is 1. The molecule has 1 aromatic rings. The van der Waals surface area contributed by atoms with Gasteiger partial charge in [0.1, 0.15) is 0 Å². The molecule has 0 radical (unpaired) electrons. The lowest BCUT2D eigenvalue weighted by atomic mass is 9.85. The van der Waals surface area contributed by atoms with Gasteiger partial charge in [-0.2, -0.15) is 0 Å². The normalized spacial score (nSPS) is 15.3. The Morgan fingerprint density at radius 2 is 1.29 bits per heavy atom. The second-order valence-corrected chi connectivity index (χ2v) is 3.86. The van der Waals surface area contributed by atoms with Gasteiger partial charge < -0.3 is 10.2 Å². The van der Waals surface area contributed by atoms with Gasteiger partial charge in [0.2, 0.25) is 0 Å². The Labute approximate surface area is 84.2 Å². The van der Waals surface area contributed by atoms with E-state index >= 15 is 0 Å². The highest BCUT2D eigenvalue weighted by molar-refractivity contribution is 5.42. The number of rotatable bonds is 2. The van der Waals surface area contributed by atoms with Gasteiger partial charge in [0.25, 0.3) is 0 Å². The average Bonchev–Trinajstić information content (AvgIpc) is 2.27. The minimum Gasteiger partial charge on any atom is -0.392 e. The molecule has 1 aliphatic carbocycles. The summed E-state index contributed by atoms with van der Waals surface area (Å²) in [6.07, 6.45) is 4.52. The van der Waals surface area contributed by atoms with Crippen LogP contribution in [0.5, 0.6) is 0 Å². The van der Waals surface area contributed by atoms with Crippen LogP contribution < -0.4 is 0 Å². The van der Waals surface area contributed by atoms with E-state index in [1.807, 2.05) is 12.1 Å². The molecule has 0 aromatic heterocycles. The zero-order valence-electron chi connectivity index (χ0n) is 8.29. The van der Waals surface area contributed by atoms with Crippen LogP contribution in [0, 0.1) is 0 Å². The van der Waals surface area contributed by atoms with E-state index in [4.69, 9.17) is 0 Å². The molecule has 0 saturated heterocycles. The van der Waals surface area contributed by atoms with E-state index in [0.29, 0.717) is 0 Å². The van der Waals surface area contributed by atoms with Crippen LogP contribution in [0.1, 0.15) is 35.1 Å². The highest BCUT2D eigenvalue weighted by Gasteiger charge is 2.15. The van der Waals surface area contributed by atoms with Crippen molar-refractivity contribution in [1.82, 2.24) is 0 Å². The quantitative estimate of drug-likeness (QED) is 0.746. The van der Waals surface area contributed by atoms with Crippen molar-refractivity contribution in [1.29, 1.82) is 0 Å². The number of aliphatic hydroxyl groups excluding tert-OH is 2. The number of aliphatic hydroxyl groups is 2. The Morgan fingerprint density at radius 3 is 1.64 bits per heavy atom. The second-order valence-electron chi connectivity index (χ2n) is 3.86. The van der Waals surface area contributed by atoms with Crippen LogP contribution in [0.15, 0.2) is 12.1 Å². The fraction of sp³-hybridized carbons (Fsp3) is 0.500. The van der Waals surface area contributed by atoms with Crippen LogP contribution in [0.4, 0.5) is 0 Å². The van der Waals surface area contributed by atoms with E-state index in [-0.39, 0.29) is 13.2 Å². The van der Waals surface area contributed by atoms with Gasteiger partial charge in [-0.05, 0) is 47.9 Å². The molecule has 1 aliphatic rings. The summed E-state index contributed by atoms with van der Waals surface area (Å²) in [6, 6.07) is 3.88. The van der Waals surface area contributed by atoms with Gasteiger partial charge in [0, 0.05) is 0 Å². The molecule has 0 saturated carbocycles. The molecule has 2 N–H and O–H groups in total. The van der Waals surface area contributed by atoms with E-state index in [1.54, 1.807) is 0 Å². The molecular formula is C12H16O2. The predicted octanol–water partition coefficient (Wildman–Crippen LogP) is 1.55. The summed E-state index contributed by atoms with van der Waals surface area (Å²) in [4.78, 5) is 0. The van der Waals surface area contributed by atoms with Crippen LogP contribution in [-0.2, 0) is 26.1 Å². The molecule has 0 atom stereocenters. The van der Waals surface area contributed by atoms with Gasteiger partial charge in [-0.25, -0.2) is 0 Å². The molecule has 0 bridgehead atoms. The predicted molar refractivity (Wildman–Crippen MR) is 54.9 cm³/mol. The number of hydrogen-bond acceptors (Lipinski definition) is 2. The van der Waals surface area contributed by atoms with E-state index in [2.05, 4.69) is 0 Å². The minimum absolute atomic E-state index is 0.119. The number of hydrogen-bond donors (Lipinski definition) is 2. The van der Waals surface area contributed by atoms with Crippen LogP contribution in [-0.4, -0.2) is 10.2 Å². The van der Waals surface area contributed by atoms with Crippen molar-refractivity contribution >= 4 is 0 Å². The van der Waals surface area contributed by atoms with Gasteiger partial charge in [0.05, 0.1) is 13.2 Å². The Kier molecular flexibility index (Phi) is 2.85. The average molecular weight is 192 g/mol. The summed E-state index contributed by atoms with van der Waals surface area (Å²) in [7, 11) is 0. The summed E-state index contributed by atoms with van der Waals surface area (Å²) in [5.41, 5.74) is 4.64. The summed E-state index contributed by atoms with van der Waals surface area (Å²) < 4.78 is 0. The fourth-order valence-corrected chi connectivity index (χ4v) is 2.31. The van der Waals surface area contributed by atoms with Crippen LogP contribution in [0.25, 0.3) is 0 Å². The van der Waals surface area contributed by atoms with Crippen molar-refractivity contribution in [3.63, 3.8) is 0 Å². The maximum Gasteiger partial charge on any atom is 0.0684 e. The Balaban J connectivity index is 2.50. The first-order valence-electron chi connectivity index (χ1n) is 5.21. The lowest BCUT2D eigenvalue weighted by Gasteiger charge is -2.21. The zero-order chi connectivity index (χ0) is 9.97. The molecule has 0 amide bonds. The molecule has 14 heavy (non-hydrogen) atoms. The molecular weight excluding hydrogens is 176 g/mol. The molecule has 0 fully saturated rings. The summed E-state index contributed by atoms with van der Waals surface area (Å²) >= 11 is 0. The molecule has 2 rings (SSSR count). The van der Waals surface area contributed by atoms with Crippen LogP contribution in [0.3, 0.4) is 0 Å². The van der Waals surface area contributed by atoms with E-state index in [1.165, 1.54) is 24.0 Å². The molecule has 0 heterocycles. The van der Waals surface area contributed by atoms with E-state index < -0.39 is 0 Å². The minimum atomic E-state index is 0.119. The van der Waals surface area contributed by atoms with Crippen molar-refractivity contribution < 1.29 is 10.2 Å². The zero-order valence-corrected chi connectivity index (χ0v) is 8.29. The SMILES string of the molecule is OCc1ccc(CO)c2c1CCCC2. The van der Waals surface area contributed by atoms with Crippen molar-refractivity contribution in [3.05, 3.63) is 34.4 Å². The smallest absolute Gasteiger partial charge is 0.0684 e. The molecule has 2 nitrogen and oxygen atoms in total. The first-order valence-corrected chi connectivity index (χ1v) is 5.21. The first-order chi connectivity index (χ1) is 6.86. The highest BCUT2D eigenvalue weighted by atomic mass is 16.3. The standard InChI is InChI=1S/C12H16O2/c13-7-9-5-6-10(8-14)12-4-2-1-3-11(9)12/h5-6,13-14H,1-4,7-8H2. The van der Waals surface area contributed by atoms with Crippen molar-refractivity contribution in [2.45, 2.75) is 38.9 Å². The monoisotopic (exact) mass is 192 g/mol. The molecule has 76 valence electrons. The Hall–Kier alpha value is -0.860. The van der Waals surface area contributed by atoms with E-state index in [0.717, 1.165) is 24.0 Å². The maximum atomic E-state index is 9.19. The lowest BCUT2D eigenvalue weighted by Crippen LogP contribution is -2.09. The fourth-order valence-electron chi connectivity index (χ4n) is 2.31. The van der Waals surface area contributed by atoms with Crippen molar-refractivity contribution in [2.24, 2.45) is 0 Å². The van der Waals surface area contributed by atoms with Gasteiger partial charge in [-0.3, -0.25) is 0 Å². The molecule has 0 aliphatic heterocycles. The molecule has 1 aromatic carbocycles. The molecule has 0 spiro atoms. The third-order valence-corrected chi connectivity index (χ3v) is 3.07. The summed E-state index contributed by atoms with van der Waals surface area (Å²) in [5, 5.41) is 18.4. The third kappa shape index (κ3) is 1.56. The van der Waals surface area contributed by atoms with Crippen LogP contribution in [0.2, 0.25) is 0 Å². The molecule has 0 unspecified atom stereocenters. The number of benzene rings is 1. The van der Waals surface area contributed by atoms with E-state index in [9.17, 15) is 10.2 Å². The summed E-state index contributed by atoms with van der Waals surface area (Å²) in [5.74, 6) is 0. The third-order valence-electron chi connectivity index (χ3n) is 3.07. The largest absolute Gasteiger partial charge is 0.392 e. The topological polar surface area (TPSA) is 40.5 Å².